The van der Waals surface area contributed by atoms with Gasteiger partial charge in [-0.1, -0.05) is 48.6 Å². The Hall–Kier alpha value is -2.36. The smallest absolute Gasteiger partial charge is 0.327 e. The van der Waals surface area contributed by atoms with Gasteiger partial charge in [0.05, 0.1) is 0 Å². The molecule has 0 amide bonds. The highest BCUT2D eigenvalue weighted by atomic mass is 16.7. The van der Waals surface area contributed by atoms with Gasteiger partial charge >= 0.3 is 11.9 Å². The van der Waals surface area contributed by atoms with Crippen LogP contribution in [0.15, 0.2) is 49.1 Å². The van der Waals surface area contributed by atoms with Gasteiger partial charge in [0.1, 0.15) is 0 Å². The van der Waals surface area contributed by atoms with E-state index >= 15 is 0 Å². The molecule has 1 atom stereocenters. The number of cyclic esters (lactones) is 2. The van der Waals surface area contributed by atoms with Gasteiger partial charge in [-0.2, -0.15) is 0 Å². The molecule has 0 spiro atoms. The standard InChI is InChI=1S/C19H22O4/c1-5-9-15(13-12-14-10-7-6-8-11-14)19(4)16(20)22-18(2,3)23-17(19)21/h5-8,10-13,15H,1,9H2,2-4H3/b13-12+. The molecular formula is C19H22O4. The first-order valence-electron chi connectivity index (χ1n) is 7.60. The molecule has 4 heteroatoms. The molecule has 1 fully saturated rings. The molecule has 2 rings (SSSR count). The van der Waals surface area contributed by atoms with Gasteiger partial charge in [0.15, 0.2) is 5.41 Å². The molecule has 1 aromatic rings. The van der Waals surface area contributed by atoms with Crippen LogP contribution in [-0.2, 0) is 19.1 Å². The molecule has 0 radical (unpaired) electrons. The number of hydrogen-bond donors (Lipinski definition) is 0. The van der Waals surface area contributed by atoms with Crippen LogP contribution >= 0.6 is 0 Å². The van der Waals surface area contributed by atoms with Crippen LogP contribution < -0.4 is 0 Å². The van der Waals surface area contributed by atoms with Gasteiger partial charge in [-0.3, -0.25) is 9.59 Å². The molecule has 0 N–H and O–H groups in total. The molecule has 1 aliphatic rings. The van der Waals surface area contributed by atoms with Gasteiger partial charge in [0.25, 0.3) is 5.79 Å². The summed E-state index contributed by atoms with van der Waals surface area (Å²) in [4.78, 5) is 25.0. The van der Waals surface area contributed by atoms with Crippen molar-refractivity contribution in [2.75, 3.05) is 0 Å². The van der Waals surface area contributed by atoms with Gasteiger partial charge in [0.2, 0.25) is 0 Å². The van der Waals surface area contributed by atoms with E-state index in [1.807, 2.05) is 42.5 Å². The van der Waals surface area contributed by atoms with Crippen molar-refractivity contribution in [1.82, 2.24) is 0 Å². The minimum atomic E-state index is -1.38. The molecule has 23 heavy (non-hydrogen) atoms. The van der Waals surface area contributed by atoms with E-state index in [-0.39, 0.29) is 0 Å². The first-order chi connectivity index (χ1) is 10.8. The van der Waals surface area contributed by atoms with E-state index in [1.54, 1.807) is 26.8 Å². The Kier molecular flexibility index (Phi) is 4.73. The summed E-state index contributed by atoms with van der Waals surface area (Å²) in [5.41, 5.74) is -0.391. The van der Waals surface area contributed by atoms with Crippen molar-refractivity contribution in [3.63, 3.8) is 0 Å². The Bertz CT molecular complexity index is 608. The Balaban J connectivity index is 2.32. The van der Waals surface area contributed by atoms with E-state index in [2.05, 4.69) is 6.58 Å². The van der Waals surface area contributed by atoms with E-state index in [4.69, 9.17) is 9.47 Å². The normalized spacial score (nSPS) is 20.7. The number of rotatable bonds is 5. The lowest BCUT2D eigenvalue weighted by Gasteiger charge is -2.41. The van der Waals surface area contributed by atoms with Crippen molar-refractivity contribution in [3.05, 3.63) is 54.6 Å². The van der Waals surface area contributed by atoms with Crippen LogP contribution in [0.4, 0.5) is 0 Å². The summed E-state index contributed by atoms with van der Waals surface area (Å²) in [5, 5.41) is 0. The predicted molar refractivity (Wildman–Crippen MR) is 88.2 cm³/mol. The minimum Gasteiger partial charge on any atom is -0.422 e. The van der Waals surface area contributed by atoms with Gasteiger partial charge in [0, 0.05) is 19.8 Å². The van der Waals surface area contributed by atoms with Gasteiger partial charge in [-0.15, -0.1) is 6.58 Å². The Labute approximate surface area is 136 Å². The number of esters is 2. The quantitative estimate of drug-likeness (QED) is 0.472. The summed E-state index contributed by atoms with van der Waals surface area (Å²) >= 11 is 0. The van der Waals surface area contributed by atoms with Crippen molar-refractivity contribution >= 4 is 18.0 Å². The number of benzene rings is 1. The SMILES string of the molecule is C=CCC(/C=C/c1ccccc1)C1(C)C(=O)OC(C)(C)OC1=O. The zero-order valence-electron chi connectivity index (χ0n) is 13.7. The number of hydrogen-bond acceptors (Lipinski definition) is 4. The highest BCUT2D eigenvalue weighted by Gasteiger charge is 2.56. The first-order valence-corrected chi connectivity index (χ1v) is 7.60. The molecular weight excluding hydrogens is 292 g/mol. The second kappa shape index (κ2) is 6.41. The van der Waals surface area contributed by atoms with E-state index in [1.165, 1.54) is 0 Å². The molecule has 0 saturated carbocycles. The Morgan fingerprint density at radius 1 is 1.09 bits per heavy atom. The number of allylic oxidation sites excluding steroid dienone is 2. The van der Waals surface area contributed by atoms with Crippen LogP contribution in [0.2, 0.25) is 0 Å². The van der Waals surface area contributed by atoms with E-state index < -0.39 is 29.1 Å². The van der Waals surface area contributed by atoms with Crippen molar-refractivity contribution in [2.45, 2.75) is 33.0 Å². The third-order valence-corrected chi connectivity index (χ3v) is 4.01. The van der Waals surface area contributed by atoms with Crippen LogP contribution in [0.1, 0.15) is 32.8 Å². The van der Waals surface area contributed by atoms with E-state index in [9.17, 15) is 9.59 Å². The van der Waals surface area contributed by atoms with Crippen LogP contribution in [0.25, 0.3) is 6.08 Å². The summed E-state index contributed by atoms with van der Waals surface area (Å²) in [6.07, 6.45) is 5.88. The molecule has 1 unspecified atom stereocenters. The molecule has 0 aliphatic carbocycles. The number of carbonyl (C=O) groups is 2. The minimum absolute atomic E-state index is 0.392. The third kappa shape index (κ3) is 3.52. The van der Waals surface area contributed by atoms with Crippen molar-refractivity contribution in [3.8, 4) is 0 Å². The largest absolute Gasteiger partial charge is 0.422 e. The number of carbonyl (C=O) groups excluding carboxylic acids is 2. The van der Waals surface area contributed by atoms with Crippen molar-refractivity contribution < 1.29 is 19.1 Å². The molecule has 4 nitrogen and oxygen atoms in total. The predicted octanol–water partition coefficient (Wildman–Crippen LogP) is 3.73. The Morgan fingerprint density at radius 2 is 1.65 bits per heavy atom. The van der Waals surface area contributed by atoms with Crippen molar-refractivity contribution in [2.24, 2.45) is 11.3 Å². The lowest BCUT2D eigenvalue weighted by atomic mass is 9.74. The molecule has 0 aromatic heterocycles. The van der Waals surface area contributed by atoms with Crippen LogP contribution in [0, 0.1) is 11.3 Å². The van der Waals surface area contributed by atoms with Crippen LogP contribution in [-0.4, -0.2) is 17.7 Å². The summed E-state index contributed by atoms with van der Waals surface area (Å²) in [6, 6.07) is 9.68. The second-order valence-electron chi connectivity index (χ2n) is 6.28. The second-order valence-corrected chi connectivity index (χ2v) is 6.28. The summed E-state index contributed by atoms with van der Waals surface area (Å²) in [7, 11) is 0. The topological polar surface area (TPSA) is 52.6 Å². The maximum atomic E-state index is 12.5. The zero-order valence-corrected chi connectivity index (χ0v) is 13.7. The molecule has 0 bridgehead atoms. The van der Waals surface area contributed by atoms with E-state index in [0.717, 1.165) is 5.56 Å². The van der Waals surface area contributed by atoms with Crippen molar-refractivity contribution in [1.29, 1.82) is 0 Å². The average molecular weight is 314 g/mol. The van der Waals surface area contributed by atoms with Crippen LogP contribution in [0.5, 0.6) is 0 Å². The summed E-state index contributed by atoms with van der Waals surface area (Å²) in [6.45, 7) is 8.38. The Morgan fingerprint density at radius 3 is 2.17 bits per heavy atom. The lowest BCUT2D eigenvalue weighted by Crippen LogP contribution is -2.55. The molecule has 1 aliphatic heterocycles. The molecule has 1 heterocycles. The van der Waals surface area contributed by atoms with Gasteiger partial charge < -0.3 is 9.47 Å². The fourth-order valence-corrected chi connectivity index (χ4v) is 2.54. The highest BCUT2D eigenvalue weighted by molar-refractivity contribution is 6.02. The first kappa shape index (κ1) is 17.0. The average Bonchev–Trinajstić information content (AvgIpc) is 2.49. The fourth-order valence-electron chi connectivity index (χ4n) is 2.54. The highest BCUT2D eigenvalue weighted by Crippen LogP contribution is 2.40. The van der Waals surface area contributed by atoms with E-state index in [0.29, 0.717) is 6.42 Å². The van der Waals surface area contributed by atoms with Crippen LogP contribution in [0.3, 0.4) is 0 Å². The van der Waals surface area contributed by atoms with Gasteiger partial charge in [-0.05, 0) is 18.9 Å². The summed E-state index contributed by atoms with van der Waals surface area (Å²) < 4.78 is 10.6. The maximum absolute atomic E-state index is 12.5. The fraction of sp³-hybridized carbons (Fsp3) is 0.368. The van der Waals surface area contributed by atoms with Gasteiger partial charge in [-0.25, -0.2) is 0 Å². The number of ether oxygens (including phenoxy) is 2. The summed E-state index contributed by atoms with van der Waals surface area (Å²) in [5.74, 6) is -2.75. The third-order valence-electron chi connectivity index (χ3n) is 4.01. The molecule has 122 valence electrons. The maximum Gasteiger partial charge on any atom is 0.327 e. The molecule has 1 aromatic carbocycles. The lowest BCUT2D eigenvalue weighted by molar-refractivity contribution is -0.252. The monoisotopic (exact) mass is 314 g/mol. The molecule has 1 saturated heterocycles. The zero-order chi connectivity index (χ0) is 17.1.